The van der Waals surface area contributed by atoms with Crippen molar-refractivity contribution in [3.05, 3.63) is 87.6 Å². The van der Waals surface area contributed by atoms with Crippen LogP contribution in [-0.2, 0) is 17.9 Å². The van der Waals surface area contributed by atoms with Crippen LogP contribution < -0.4 is 15.6 Å². The van der Waals surface area contributed by atoms with Crippen molar-refractivity contribution in [3.63, 3.8) is 0 Å². The highest BCUT2D eigenvalue weighted by Gasteiger charge is 2.29. The highest BCUT2D eigenvalue weighted by molar-refractivity contribution is 5.94. The first-order valence-corrected chi connectivity index (χ1v) is 12.2. The molecule has 1 saturated heterocycles. The predicted octanol–water partition coefficient (Wildman–Crippen LogP) is 3.32. The number of nitrogens with zero attached hydrogens (tertiary/aromatic N) is 2. The number of amides is 2. The Morgan fingerprint density at radius 2 is 1.92 bits per heavy atom. The molecule has 0 saturated carbocycles. The van der Waals surface area contributed by atoms with Gasteiger partial charge in [-0.1, -0.05) is 48.5 Å². The van der Waals surface area contributed by atoms with Crippen molar-refractivity contribution in [1.29, 1.82) is 0 Å². The Morgan fingerprint density at radius 1 is 1.16 bits per heavy atom. The Kier molecular flexibility index (Phi) is 8.40. The minimum Gasteiger partial charge on any atom is -0.501 e. The molecule has 2 heterocycles. The molecule has 1 aromatic heterocycles. The molecule has 37 heavy (non-hydrogen) atoms. The second-order valence-corrected chi connectivity index (χ2v) is 8.70. The van der Waals surface area contributed by atoms with Crippen LogP contribution in [-0.4, -0.2) is 51.7 Å². The fourth-order valence-corrected chi connectivity index (χ4v) is 4.22. The van der Waals surface area contributed by atoms with Crippen molar-refractivity contribution < 1.29 is 24.2 Å². The number of aromatic hydroxyl groups is 1. The molecule has 1 unspecified atom stereocenters. The number of nitrogens with one attached hydrogen (secondary N) is 2. The summed E-state index contributed by atoms with van der Waals surface area (Å²) in [5.41, 5.74) is 0.456. The van der Waals surface area contributed by atoms with Crippen molar-refractivity contribution in [1.82, 2.24) is 20.2 Å². The van der Waals surface area contributed by atoms with Crippen LogP contribution >= 0.6 is 0 Å². The van der Waals surface area contributed by atoms with Crippen LogP contribution in [0.2, 0.25) is 0 Å². The molecule has 0 radical (unpaired) electrons. The molecule has 1 fully saturated rings. The van der Waals surface area contributed by atoms with Crippen molar-refractivity contribution in [2.45, 2.75) is 38.8 Å². The summed E-state index contributed by atoms with van der Waals surface area (Å²) in [5.74, 6) is -0.893. The van der Waals surface area contributed by atoms with Gasteiger partial charge in [-0.3, -0.25) is 9.59 Å². The number of likely N-dealkylation sites (tertiary alicyclic amines) is 1. The van der Waals surface area contributed by atoms with Crippen LogP contribution in [0.1, 0.15) is 53.1 Å². The van der Waals surface area contributed by atoms with Gasteiger partial charge in [-0.2, -0.15) is 0 Å². The first-order valence-electron chi connectivity index (χ1n) is 12.2. The lowest BCUT2D eigenvalue weighted by Gasteiger charge is -2.31. The van der Waals surface area contributed by atoms with Gasteiger partial charge in [0.1, 0.15) is 18.2 Å². The van der Waals surface area contributed by atoms with Crippen molar-refractivity contribution >= 4 is 12.0 Å². The number of ether oxygens (including phenoxy) is 2. The quantitative estimate of drug-likeness (QED) is 0.427. The summed E-state index contributed by atoms with van der Waals surface area (Å²) < 4.78 is 11.0. The van der Waals surface area contributed by atoms with E-state index in [4.69, 9.17) is 9.47 Å². The summed E-state index contributed by atoms with van der Waals surface area (Å²) in [5, 5.41) is 13.0. The summed E-state index contributed by atoms with van der Waals surface area (Å²) in [4.78, 5) is 46.4. The number of benzene rings is 2. The van der Waals surface area contributed by atoms with Gasteiger partial charge in [0.05, 0.1) is 6.61 Å². The normalized spacial score (nSPS) is 15.2. The largest absolute Gasteiger partial charge is 0.501 e. The van der Waals surface area contributed by atoms with Gasteiger partial charge in [-0.15, -0.1) is 0 Å². The molecule has 1 aliphatic rings. The third-order valence-electron chi connectivity index (χ3n) is 6.11. The van der Waals surface area contributed by atoms with Gasteiger partial charge >= 0.3 is 6.09 Å². The number of rotatable bonds is 8. The van der Waals surface area contributed by atoms with E-state index in [1.165, 1.54) is 0 Å². The average Bonchev–Trinajstić information content (AvgIpc) is 2.93. The van der Waals surface area contributed by atoms with Gasteiger partial charge in [-0.05, 0) is 31.4 Å². The maximum absolute atomic E-state index is 12.9. The number of aromatic nitrogens is 2. The van der Waals surface area contributed by atoms with Gasteiger partial charge in [0.2, 0.25) is 5.75 Å². The molecule has 0 aliphatic carbocycles. The summed E-state index contributed by atoms with van der Waals surface area (Å²) in [6, 6.07) is 16.7. The summed E-state index contributed by atoms with van der Waals surface area (Å²) >= 11 is 0. The Balaban J connectivity index is 1.44. The van der Waals surface area contributed by atoms with E-state index < -0.39 is 23.3 Å². The third kappa shape index (κ3) is 6.46. The number of carbonyl (C=O) groups excluding carboxylic acids is 2. The van der Waals surface area contributed by atoms with Crippen LogP contribution in [0.25, 0.3) is 0 Å². The summed E-state index contributed by atoms with van der Waals surface area (Å²) in [6.45, 7) is 3.41. The molecule has 0 spiro atoms. The zero-order valence-electron chi connectivity index (χ0n) is 20.6. The highest BCUT2D eigenvalue weighted by atomic mass is 16.6. The Labute approximate surface area is 214 Å². The van der Waals surface area contributed by atoms with E-state index in [0.717, 1.165) is 11.1 Å². The molecule has 194 valence electrons. The van der Waals surface area contributed by atoms with Gasteiger partial charge in [0.15, 0.2) is 5.69 Å². The van der Waals surface area contributed by atoms with Crippen LogP contribution in [0.3, 0.4) is 0 Å². The van der Waals surface area contributed by atoms with E-state index in [2.05, 4.69) is 15.3 Å². The summed E-state index contributed by atoms with van der Waals surface area (Å²) in [7, 11) is 0. The fourth-order valence-electron chi connectivity index (χ4n) is 4.22. The first-order chi connectivity index (χ1) is 18.0. The zero-order chi connectivity index (χ0) is 26.2. The van der Waals surface area contributed by atoms with Gasteiger partial charge in [0.25, 0.3) is 11.5 Å². The third-order valence-corrected chi connectivity index (χ3v) is 6.11. The van der Waals surface area contributed by atoms with Gasteiger partial charge in [-0.25, -0.2) is 9.78 Å². The molecule has 3 aromatic rings. The molecular weight excluding hydrogens is 476 g/mol. The number of H-pyrrole nitrogens is 1. The molecule has 0 bridgehead atoms. The lowest BCUT2D eigenvalue weighted by Crippen LogP contribution is -2.40. The number of aromatic amines is 1. The molecule has 2 aromatic carbocycles. The van der Waals surface area contributed by atoms with Gasteiger partial charge < -0.3 is 29.8 Å². The monoisotopic (exact) mass is 506 g/mol. The molecule has 10 heteroatoms. The molecule has 3 N–H and O–H groups in total. The highest BCUT2D eigenvalue weighted by Crippen LogP contribution is 2.26. The molecule has 4 rings (SSSR count). The van der Waals surface area contributed by atoms with E-state index in [0.29, 0.717) is 31.7 Å². The second-order valence-electron chi connectivity index (χ2n) is 8.70. The van der Waals surface area contributed by atoms with Crippen LogP contribution in [0.15, 0.2) is 59.4 Å². The van der Waals surface area contributed by atoms with Gasteiger partial charge in [0, 0.05) is 31.1 Å². The van der Waals surface area contributed by atoms with E-state index in [9.17, 15) is 19.5 Å². The van der Waals surface area contributed by atoms with Crippen LogP contribution in [0.4, 0.5) is 4.79 Å². The zero-order valence-corrected chi connectivity index (χ0v) is 20.6. The number of hydrogen-bond acceptors (Lipinski definition) is 7. The minimum atomic E-state index is -0.811. The topological polar surface area (TPSA) is 134 Å². The lowest BCUT2D eigenvalue weighted by molar-refractivity contribution is 0.0849. The van der Waals surface area contributed by atoms with E-state index in [1.807, 2.05) is 55.5 Å². The van der Waals surface area contributed by atoms with Crippen molar-refractivity contribution in [2.24, 2.45) is 0 Å². The number of para-hydroxylation sites is 1. The smallest absolute Gasteiger partial charge is 0.410 e. The Hall–Kier alpha value is -4.34. The minimum absolute atomic E-state index is 0.128. The molecule has 10 nitrogen and oxygen atoms in total. The molecule has 2 amide bonds. The number of carbonyl (C=O) groups is 2. The first kappa shape index (κ1) is 25.7. The number of hydrogen-bond donors (Lipinski definition) is 3. The van der Waals surface area contributed by atoms with E-state index >= 15 is 0 Å². The van der Waals surface area contributed by atoms with E-state index in [-0.39, 0.29) is 37.1 Å². The van der Waals surface area contributed by atoms with E-state index in [1.54, 1.807) is 11.0 Å². The molecule has 1 atom stereocenters. The maximum Gasteiger partial charge on any atom is 0.410 e. The Bertz CT molecular complexity index is 1290. The predicted molar refractivity (Wildman–Crippen MR) is 135 cm³/mol. The average molecular weight is 507 g/mol. The second kappa shape index (κ2) is 12.1. The van der Waals surface area contributed by atoms with Crippen molar-refractivity contribution in [3.8, 4) is 11.5 Å². The summed E-state index contributed by atoms with van der Waals surface area (Å²) in [6.07, 6.45) is 0.866. The standard InChI is InChI=1S/C27H30N4O6/c1-2-36-21-13-7-6-11-19(21)15-28-25(33)22-23(32)26(34)30-24(29-22)20-12-8-14-31(16-20)27(35)37-17-18-9-4-3-5-10-18/h3-7,9-11,13,20,32H,2,8,12,14-17H2,1H3,(H,28,33)(H,29,30,34). The van der Waals surface area contributed by atoms with Crippen LogP contribution in [0, 0.1) is 0 Å². The van der Waals surface area contributed by atoms with Crippen LogP contribution in [0.5, 0.6) is 11.5 Å². The maximum atomic E-state index is 12.9. The number of piperidine rings is 1. The lowest BCUT2D eigenvalue weighted by atomic mass is 9.97. The molecule has 1 aliphatic heterocycles. The Morgan fingerprint density at radius 3 is 2.70 bits per heavy atom. The SMILES string of the molecule is CCOc1ccccc1CNC(=O)c1nc(C2CCCN(C(=O)OCc3ccccc3)C2)[nH]c(=O)c1O. The fraction of sp³-hybridized carbons (Fsp3) is 0.333. The molecular formula is C27H30N4O6. The van der Waals surface area contributed by atoms with Crippen molar-refractivity contribution in [2.75, 3.05) is 19.7 Å².